The number of hydrogen-bond acceptors (Lipinski definition) is 4. The number of nitrogens with two attached hydrogens (primary N) is 1. The largest absolute Gasteiger partial charge is 0.390 e. The van der Waals surface area contributed by atoms with E-state index in [4.69, 9.17) is 23.5 Å². The number of rotatable bonds is 5. The van der Waals surface area contributed by atoms with Gasteiger partial charge in [0.15, 0.2) is 0 Å². The third-order valence-corrected chi connectivity index (χ3v) is 2.47. The zero-order valence-corrected chi connectivity index (χ0v) is 9.71. The summed E-state index contributed by atoms with van der Waals surface area (Å²) in [6.07, 6.45) is -2.25. The first-order chi connectivity index (χ1) is 8.06. The summed E-state index contributed by atoms with van der Waals surface area (Å²) in [6.45, 7) is -0.186. The standard InChI is InChI=1S/C10H12N4O2S/c11-10(17)7-3-1-6(2-4-7)9(16)8(15)5-13-14-12/h1-4,8-9,15-16H,5H2,(H2,11,17). The lowest BCUT2D eigenvalue weighted by atomic mass is 10.0. The minimum Gasteiger partial charge on any atom is -0.390 e. The van der Waals surface area contributed by atoms with Crippen molar-refractivity contribution in [2.24, 2.45) is 10.8 Å². The van der Waals surface area contributed by atoms with Crippen LogP contribution in [0.2, 0.25) is 0 Å². The minimum atomic E-state index is -1.14. The highest BCUT2D eigenvalue weighted by atomic mass is 32.1. The van der Waals surface area contributed by atoms with Gasteiger partial charge in [-0.2, -0.15) is 0 Å². The van der Waals surface area contributed by atoms with Crippen LogP contribution in [0.25, 0.3) is 10.4 Å². The maximum absolute atomic E-state index is 9.75. The van der Waals surface area contributed by atoms with E-state index in [-0.39, 0.29) is 11.5 Å². The van der Waals surface area contributed by atoms with Crippen LogP contribution in [0.5, 0.6) is 0 Å². The second kappa shape index (κ2) is 6.17. The van der Waals surface area contributed by atoms with Crippen molar-refractivity contribution in [1.29, 1.82) is 0 Å². The lowest BCUT2D eigenvalue weighted by Crippen LogP contribution is -2.21. The molecule has 0 heterocycles. The number of benzene rings is 1. The minimum absolute atomic E-state index is 0.186. The topological polar surface area (TPSA) is 115 Å². The van der Waals surface area contributed by atoms with E-state index < -0.39 is 12.2 Å². The lowest BCUT2D eigenvalue weighted by Gasteiger charge is -2.16. The SMILES string of the molecule is [N-]=[N+]=NCC(O)C(O)c1ccc(C(N)=S)cc1. The Morgan fingerprint density at radius 2 is 2.00 bits per heavy atom. The fraction of sp³-hybridized carbons (Fsp3) is 0.300. The molecule has 0 radical (unpaired) electrons. The molecule has 1 rings (SSSR count). The Balaban J connectivity index is 2.78. The summed E-state index contributed by atoms with van der Waals surface area (Å²) < 4.78 is 0. The first kappa shape index (κ1) is 13.4. The summed E-state index contributed by atoms with van der Waals surface area (Å²) in [5.74, 6) is 0. The first-order valence-corrected chi connectivity index (χ1v) is 5.24. The van der Waals surface area contributed by atoms with Gasteiger partial charge < -0.3 is 15.9 Å². The molecule has 1 aromatic rings. The van der Waals surface area contributed by atoms with Crippen LogP contribution in [-0.4, -0.2) is 27.9 Å². The number of aliphatic hydroxyl groups is 2. The molecule has 0 amide bonds. The summed E-state index contributed by atoms with van der Waals surface area (Å²) >= 11 is 4.79. The lowest BCUT2D eigenvalue weighted by molar-refractivity contribution is 0.0244. The number of hydrogen-bond donors (Lipinski definition) is 3. The van der Waals surface area contributed by atoms with Gasteiger partial charge in [-0.15, -0.1) is 0 Å². The van der Waals surface area contributed by atoms with Gasteiger partial charge in [-0.3, -0.25) is 0 Å². The summed E-state index contributed by atoms with van der Waals surface area (Å²) in [5.41, 5.74) is 14.7. The average molecular weight is 252 g/mol. The molecule has 90 valence electrons. The zero-order chi connectivity index (χ0) is 12.8. The van der Waals surface area contributed by atoms with E-state index in [1.54, 1.807) is 24.3 Å². The predicted octanol–water partition coefficient (Wildman–Crippen LogP) is 1.03. The molecule has 0 bridgehead atoms. The van der Waals surface area contributed by atoms with E-state index in [1.807, 2.05) is 0 Å². The summed E-state index contributed by atoms with van der Waals surface area (Å²) in [6, 6.07) is 6.53. The Kier molecular flexibility index (Phi) is 4.86. The first-order valence-electron chi connectivity index (χ1n) is 4.83. The van der Waals surface area contributed by atoms with Crippen LogP contribution in [0.3, 0.4) is 0 Å². The van der Waals surface area contributed by atoms with Crippen LogP contribution in [0.1, 0.15) is 17.2 Å². The highest BCUT2D eigenvalue weighted by molar-refractivity contribution is 7.80. The third-order valence-electron chi connectivity index (χ3n) is 2.23. The van der Waals surface area contributed by atoms with Crippen molar-refractivity contribution in [2.75, 3.05) is 6.54 Å². The maximum Gasteiger partial charge on any atom is 0.105 e. The van der Waals surface area contributed by atoms with Crippen LogP contribution in [-0.2, 0) is 0 Å². The number of nitrogens with zero attached hydrogens (tertiary/aromatic N) is 3. The third kappa shape index (κ3) is 3.69. The van der Waals surface area contributed by atoms with Crippen LogP contribution >= 0.6 is 12.2 Å². The smallest absolute Gasteiger partial charge is 0.105 e. The van der Waals surface area contributed by atoms with Gasteiger partial charge >= 0.3 is 0 Å². The van der Waals surface area contributed by atoms with Crippen molar-refractivity contribution in [2.45, 2.75) is 12.2 Å². The van der Waals surface area contributed by atoms with Gasteiger partial charge in [0.2, 0.25) is 0 Å². The van der Waals surface area contributed by atoms with Gasteiger partial charge in [0.25, 0.3) is 0 Å². The molecule has 1 aromatic carbocycles. The van der Waals surface area contributed by atoms with E-state index in [0.29, 0.717) is 11.1 Å². The molecule has 6 nitrogen and oxygen atoms in total. The Hall–Kier alpha value is -1.66. The molecule has 0 saturated heterocycles. The number of azide groups is 1. The van der Waals surface area contributed by atoms with Crippen molar-refractivity contribution in [3.63, 3.8) is 0 Å². The molecular weight excluding hydrogens is 240 g/mol. The summed E-state index contributed by atoms with van der Waals surface area (Å²) in [5, 5.41) is 22.5. The van der Waals surface area contributed by atoms with E-state index in [9.17, 15) is 10.2 Å². The van der Waals surface area contributed by atoms with Gasteiger partial charge in [0.1, 0.15) is 11.1 Å². The van der Waals surface area contributed by atoms with E-state index in [2.05, 4.69) is 10.0 Å². The van der Waals surface area contributed by atoms with Crippen molar-refractivity contribution in [1.82, 2.24) is 0 Å². The molecule has 0 aliphatic rings. The fourth-order valence-corrected chi connectivity index (χ4v) is 1.42. The predicted molar refractivity (Wildman–Crippen MR) is 67.3 cm³/mol. The molecule has 0 spiro atoms. The molecule has 17 heavy (non-hydrogen) atoms. The summed E-state index contributed by atoms with van der Waals surface area (Å²) in [4.78, 5) is 2.77. The molecule has 0 aliphatic carbocycles. The monoisotopic (exact) mass is 252 g/mol. The Morgan fingerprint density at radius 1 is 1.41 bits per heavy atom. The van der Waals surface area contributed by atoms with Gasteiger partial charge in [-0.25, -0.2) is 0 Å². The molecule has 0 fully saturated rings. The fourth-order valence-electron chi connectivity index (χ4n) is 1.29. The van der Waals surface area contributed by atoms with E-state index in [0.717, 1.165) is 0 Å². The maximum atomic E-state index is 9.75. The Labute approximate surface area is 103 Å². The quantitative estimate of drug-likeness (QED) is 0.314. The highest BCUT2D eigenvalue weighted by Crippen LogP contribution is 2.17. The van der Waals surface area contributed by atoms with E-state index >= 15 is 0 Å². The number of thiocarbonyl (C=S) groups is 1. The highest BCUT2D eigenvalue weighted by Gasteiger charge is 2.17. The van der Waals surface area contributed by atoms with Crippen LogP contribution in [0, 0.1) is 0 Å². The van der Waals surface area contributed by atoms with Crippen molar-refractivity contribution >= 4 is 17.2 Å². The average Bonchev–Trinajstić information content (AvgIpc) is 2.35. The second-order valence-corrected chi connectivity index (χ2v) is 3.85. The zero-order valence-electron chi connectivity index (χ0n) is 8.89. The molecule has 0 aromatic heterocycles. The van der Waals surface area contributed by atoms with Gasteiger partial charge in [-0.1, -0.05) is 41.6 Å². The molecular formula is C10H12N4O2S. The molecule has 4 N–H and O–H groups in total. The number of aliphatic hydroxyl groups excluding tert-OH is 2. The second-order valence-electron chi connectivity index (χ2n) is 3.41. The molecule has 2 atom stereocenters. The van der Waals surface area contributed by atoms with Gasteiger partial charge in [0.05, 0.1) is 12.6 Å². The summed E-state index contributed by atoms with van der Waals surface area (Å²) in [7, 11) is 0. The van der Waals surface area contributed by atoms with Crippen LogP contribution in [0.4, 0.5) is 0 Å². The Bertz CT molecular complexity index is 442. The van der Waals surface area contributed by atoms with Crippen LogP contribution < -0.4 is 5.73 Å². The van der Waals surface area contributed by atoms with Crippen molar-refractivity contribution in [3.8, 4) is 0 Å². The van der Waals surface area contributed by atoms with Gasteiger partial charge in [-0.05, 0) is 11.1 Å². The van der Waals surface area contributed by atoms with Crippen molar-refractivity contribution < 1.29 is 10.2 Å². The normalized spacial score (nSPS) is 13.5. The van der Waals surface area contributed by atoms with Crippen molar-refractivity contribution in [3.05, 3.63) is 45.8 Å². The molecule has 7 heteroatoms. The molecule has 0 saturated carbocycles. The molecule has 0 aliphatic heterocycles. The Morgan fingerprint density at radius 3 is 2.47 bits per heavy atom. The molecule has 2 unspecified atom stereocenters. The van der Waals surface area contributed by atoms with E-state index in [1.165, 1.54) is 0 Å². The van der Waals surface area contributed by atoms with Crippen LogP contribution in [0.15, 0.2) is 29.4 Å². The van der Waals surface area contributed by atoms with Gasteiger partial charge in [0, 0.05) is 10.5 Å².